The van der Waals surface area contributed by atoms with Crippen LogP contribution in [0.4, 0.5) is 0 Å². The summed E-state index contributed by atoms with van der Waals surface area (Å²) < 4.78 is 6.73. The third-order valence-electron chi connectivity index (χ3n) is 5.98. The van der Waals surface area contributed by atoms with Gasteiger partial charge in [-0.25, -0.2) is 0 Å². The summed E-state index contributed by atoms with van der Waals surface area (Å²) in [4.78, 5) is 17.9. The Morgan fingerprint density at radius 2 is 2.07 bits per heavy atom. The van der Waals surface area contributed by atoms with Crippen LogP contribution in [0.15, 0.2) is 48.8 Å². The minimum Gasteiger partial charge on any atom is -0.367 e. The molecule has 2 aromatic rings. The van der Waals surface area contributed by atoms with Gasteiger partial charge < -0.3 is 10.1 Å². The number of hydrogen-bond acceptors (Lipinski definition) is 4. The van der Waals surface area contributed by atoms with E-state index in [-0.39, 0.29) is 17.6 Å². The van der Waals surface area contributed by atoms with Crippen LogP contribution in [-0.4, -0.2) is 41.5 Å². The molecule has 0 radical (unpaired) electrons. The van der Waals surface area contributed by atoms with Crippen molar-refractivity contribution in [3.63, 3.8) is 0 Å². The summed E-state index contributed by atoms with van der Waals surface area (Å²) >= 11 is 0. The van der Waals surface area contributed by atoms with Gasteiger partial charge in [0.05, 0.1) is 11.7 Å². The van der Waals surface area contributed by atoms with Gasteiger partial charge in [0.25, 0.3) is 0 Å². The molecule has 1 atom stereocenters. The molecule has 5 nitrogen and oxygen atoms in total. The number of nitrogens with zero attached hydrogens (tertiary/aromatic N) is 2. The lowest BCUT2D eigenvalue weighted by Gasteiger charge is -2.47. The number of fused-ring (bicyclic) bond motifs is 2. The Kier molecular flexibility index (Phi) is 5.74. The lowest BCUT2D eigenvalue weighted by molar-refractivity contribution is -0.142. The van der Waals surface area contributed by atoms with E-state index < -0.39 is 0 Å². The van der Waals surface area contributed by atoms with E-state index in [2.05, 4.69) is 45.5 Å². The van der Waals surface area contributed by atoms with Crippen LogP contribution < -0.4 is 5.32 Å². The minimum atomic E-state index is -0.193. The first-order valence-electron chi connectivity index (χ1n) is 10.3. The number of rotatable bonds is 5. The number of pyridine rings is 1. The summed E-state index contributed by atoms with van der Waals surface area (Å²) in [6.45, 7) is 5.21. The van der Waals surface area contributed by atoms with Gasteiger partial charge in [0.2, 0.25) is 5.91 Å². The summed E-state index contributed by atoms with van der Waals surface area (Å²) in [6, 6.07) is 12.9. The number of ether oxygens (including phenoxy) is 1. The van der Waals surface area contributed by atoms with E-state index in [4.69, 9.17) is 4.74 Å². The van der Waals surface area contributed by atoms with Crippen LogP contribution in [-0.2, 0) is 28.1 Å². The first-order valence-corrected chi connectivity index (χ1v) is 10.3. The second kappa shape index (κ2) is 8.41. The molecule has 5 heteroatoms. The SMILES string of the molecule is CC(=O)NCCC1Cc2ccccc2C2(CCN(Cc3cccnc3)CC2)O1. The van der Waals surface area contributed by atoms with Gasteiger partial charge in [-0.05, 0) is 48.4 Å². The predicted octanol–water partition coefficient (Wildman–Crippen LogP) is 3.04. The van der Waals surface area contributed by atoms with E-state index in [9.17, 15) is 4.79 Å². The first-order chi connectivity index (χ1) is 13.6. The average molecular weight is 380 g/mol. The van der Waals surface area contributed by atoms with Crippen molar-refractivity contribution in [2.75, 3.05) is 19.6 Å². The number of likely N-dealkylation sites (tertiary alicyclic amines) is 1. The Hall–Kier alpha value is -2.24. The number of hydrogen-bond donors (Lipinski definition) is 1. The van der Waals surface area contributed by atoms with Crippen molar-refractivity contribution < 1.29 is 9.53 Å². The van der Waals surface area contributed by atoms with Gasteiger partial charge in [0, 0.05) is 45.5 Å². The molecule has 2 aliphatic rings. The fraction of sp³-hybridized carbons (Fsp3) is 0.478. The Bertz CT molecular complexity index is 801. The van der Waals surface area contributed by atoms with Crippen molar-refractivity contribution >= 4 is 5.91 Å². The minimum absolute atomic E-state index is 0.0228. The maximum Gasteiger partial charge on any atom is 0.216 e. The summed E-state index contributed by atoms with van der Waals surface area (Å²) in [7, 11) is 0. The van der Waals surface area contributed by atoms with Crippen LogP contribution in [0.3, 0.4) is 0 Å². The number of nitrogens with one attached hydrogen (secondary N) is 1. The van der Waals surface area contributed by atoms with Crippen molar-refractivity contribution in [3.8, 4) is 0 Å². The molecule has 1 aromatic heterocycles. The predicted molar refractivity (Wildman–Crippen MR) is 109 cm³/mol. The Labute approximate surface area is 167 Å². The fourth-order valence-corrected chi connectivity index (χ4v) is 4.59. The molecule has 0 aliphatic carbocycles. The topological polar surface area (TPSA) is 54.5 Å². The smallest absolute Gasteiger partial charge is 0.216 e. The van der Waals surface area contributed by atoms with Crippen molar-refractivity contribution in [2.24, 2.45) is 0 Å². The quantitative estimate of drug-likeness (QED) is 0.868. The molecule has 0 bridgehead atoms. The maximum absolute atomic E-state index is 11.2. The third-order valence-corrected chi connectivity index (χ3v) is 5.98. The van der Waals surface area contributed by atoms with Crippen LogP contribution in [0.2, 0.25) is 0 Å². The summed E-state index contributed by atoms with van der Waals surface area (Å²) in [5.74, 6) is 0.0228. The lowest BCUT2D eigenvalue weighted by Crippen LogP contribution is -2.49. The number of aromatic nitrogens is 1. The zero-order chi connectivity index (χ0) is 19.4. The van der Waals surface area contributed by atoms with Gasteiger partial charge in [-0.15, -0.1) is 0 Å². The van der Waals surface area contributed by atoms with Crippen LogP contribution >= 0.6 is 0 Å². The molecular weight excluding hydrogens is 350 g/mol. The largest absolute Gasteiger partial charge is 0.367 e. The molecule has 1 saturated heterocycles. The molecule has 1 fully saturated rings. The fourth-order valence-electron chi connectivity index (χ4n) is 4.59. The van der Waals surface area contributed by atoms with Crippen molar-refractivity contribution in [1.29, 1.82) is 0 Å². The van der Waals surface area contributed by atoms with Crippen molar-refractivity contribution in [3.05, 3.63) is 65.5 Å². The zero-order valence-electron chi connectivity index (χ0n) is 16.6. The maximum atomic E-state index is 11.2. The molecule has 2 aliphatic heterocycles. The summed E-state index contributed by atoms with van der Waals surface area (Å²) in [6.07, 6.45) is 7.72. The van der Waals surface area contributed by atoms with E-state index in [1.807, 2.05) is 18.5 Å². The number of carbonyl (C=O) groups excluding carboxylic acids is 1. The van der Waals surface area contributed by atoms with E-state index in [1.54, 1.807) is 6.92 Å². The van der Waals surface area contributed by atoms with Gasteiger partial charge in [-0.2, -0.15) is 0 Å². The monoisotopic (exact) mass is 379 g/mol. The van der Waals surface area contributed by atoms with Crippen LogP contribution in [0.25, 0.3) is 0 Å². The number of amides is 1. The molecule has 0 saturated carbocycles. The molecule has 3 heterocycles. The summed E-state index contributed by atoms with van der Waals surface area (Å²) in [5, 5.41) is 2.91. The molecule has 148 valence electrons. The number of benzene rings is 1. The molecule has 1 spiro atoms. The van der Waals surface area contributed by atoms with Gasteiger partial charge in [-0.1, -0.05) is 30.3 Å². The lowest BCUT2D eigenvalue weighted by atomic mass is 9.78. The van der Waals surface area contributed by atoms with Crippen LogP contribution in [0, 0.1) is 0 Å². The number of piperidine rings is 1. The Morgan fingerprint density at radius 3 is 2.82 bits per heavy atom. The van der Waals surface area contributed by atoms with E-state index >= 15 is 0 Å². The van der Waals surface area contributed by atoms with Gasteiger partial charge in [0.1, 0.15) is 0 Å². The standard InChI is InChI=1S/C23H29N3O2/c1-18(27)25-12-8-21-15-20-6-2-3-7-22(20)23(28-21)9-13-26(14-10-23)17-19-5-4-11-24-16-19/h2-7,11,16,21H,8-10,12-15,17H2,1H3,(H,25,27). The Morgan fingerprint density at radius 1 is 1.25 bits per heavy atom. The van der Waals surface area contributed by atoms with Gasteiger partial charge in [0.15, 0.2) is 0 Å². The molecule has 4 rings (SSSR count). The van der Waals surface area contributed by atoms with Gasteiger partial charge in [-0.3, -0.25) is 14.7 Å². The Balaban J connectivity index is 1.45. The molecule has 28 heavy (non-hydrogen) atoms. The second-order valence-corrected chi connectivity index (χ2v) is 8.00. The van der Waals surface area contributed by atoms with Crippen LogP contribution in [0.5, 0.6) is 0 Å². The number of carbonyl (C=O) groups is 1. The van der Waals surface area contributed by atoms with Crippen LogP contribution in [0.1, 0.15) is 42.9 Å². The zero-order valence-corrected chi connectivity index (χ0v) is 16.6. The molecule has 1 unspecified atom stereocenters. The average Bonchev–Trinajstić information content (AvgIpc) is 2.70. The highest BCUT2D eigenvalue weighted by Gasteiger charge is 2.43. The molecule has 1 N–H and O–H groups in total. The molecule has 1 aromatic carbocycles. The highest BCUT2D eigenvalue weighted by molar-refractivity contribution is 5.72. The highest BCUT2D eigenvalue weighted by Crippen LogP contribution is 2.44. The van der Waals surface area contributed by atoms with E-state index in [0.29, 0.717) is 6.54 Å². The summed E-state index contributed by atoms with van der Waals surface area (Å²) in [5.41, 5.74) is 3.84. The molecular formula is C23H29N3O2. The van der Waals surface area contributed by atoms with E-state index in [1.165, 1.54) is 16.7 Å². The normalized spacial score (nSPS) is 21.2. The van der Waals surface area contributed by atoms with Crippen molar-refractivity contribution in [2.45, 2.75) is 50.9 Å². The molecule has 1 amide bonds. The third kappa shape index (κ3) is 4.26. The van der Waals surface area contributed by atoms with E-state index in [0.717, 1.165) is 45.3 Å². The second-order valence-electron chi connectivity index (χ2n) is 8.00. The van der Waals surface area contributed by atoms with Gasteiger partial charge >= 0.3 is 0 Å². The highest BCUT2D eigenvalue weighted by atomic mass is 16.5. The van der Waals surface area contributed by atoms with Crippen molar-refractivity contribution in [1.82, 2.24) is 15.2 Å². The first kappa shape index (κ1) is 19.1.